The minimum atomic E-state index is -1.36. The second-order valence-corrected chi connectivity index (χ2v) is 7.92. The molecule has 4 N–H and O–H groups in total. The lowest BCUT2D eigenvalue weighted by molar-refractivity contribution is -0.341. The fourth-order valence-electron chi connectivity index (χ4n) is 5.59. The first-order valence-corrected chi connectivity index (χ1v) is 8.48. The number of ether oxygens (including phenoxy) is 2. The van der Waals surface area contributed by atoms with Crippen molar-refractivity contribution in [1.29, 1.82) is 0 Å². The highest BCUT2D eigenvalue weighted by Crippen LogP contribution is 2.57. The highest BCUT2D eigenvalue weighted by Gasteiger charge is 2.55. The zero-order valence-corrected chi connectivity index (χ0v) is 12.7. The van der Waals surface area contributed by atoms with Gasteiger partial charge in [-0.05, 0) is 56.3 Å². The van der Waals surface area contributed by atoms with Gasteiger partial charge in [0.25, 0.3) is 0 Å². The maximum Gasteiger partial charge on any atom is 0.187 e. The second-order valence-electron chi connectivity index (χ2n) is 7.92. The highest BCUT2D eigenvalue weighted by molar-refractivity contribution is 5.04. The van der Waals surface area contributed by atoms with Gasteiger partial charge in [-0.2, -0.15) is 0 Å². The molecule has 4 aliphatic carbocycles. The molecule has 1 saturated heterocycles. The minimum absolute atomic E-state index is 0.261. The number of rotatable bonds is 3. The summed E-state index contributed by atoms with van der Waals surface area (Å²) >= 11 is 0. The van der Waals surface area contributed by atoms with Crippen LogP contribution >= 0.6 is 0 Å². The largest absolute Gasteiger partial charge is 0.394 e. The van der Waals surface area contributed by atoms with Crippen molar-refractivity contribution in [2.45, 2.75) is 74.8 Å². The number of aliphatic hydroxyl groups is 4. The van der Waals surface area contributed by atoms with E-state index in [9.17, 15) is 20.4 Å². The molecule has 5 unspecified atom stereocenters. The molecule has 0 aromatic heterocycles. The summed E-state index contributed by atoms with van der Waals surface area (Å²) < 4.78 is 11.7. The van der Waals surface area contributed by atoms with Crippen LogP contribution in [0.25, 0.3) is 0 Å². The van der Waals surface area contributed by atoms with Crippen LogP contribution in [-0.4, -0.2) is 63.3 Å². The van der Waals surface area contributed by atoms with E-state index in [1.54, 1.807) is 0 Å². The molecule has 1 aliphatic heterocycles. The second kappa shape index (κ2) is 5.40. The molecule has 0 aromatic carbocycles. The lowest BCUT2D eigenvalue weighted by Crippen LogP contribution is -2.62. The molecule has 4 bridgehead atoms. The SMILES string of the molecule is OCC1OC(OC23CC4CC(CC(C4)C2)C3)C(O)C(O)C1O. The molecule has 1 heterocycles. The van der Waals surface area contributed by atoms with Gasteiger partial charge in [0, 0.05) is 0 Å². The first-order chi connectivity index (χ1) is 10.5. The Morgan fingerprint density at radius 3 is 1.91 bits per heavy atom. The van der Waals surface area contributed by atoms with Crippen molar-refractivity contribution in [2.75, 3.05) is 6.61 Å². The Kier molecular flexibility index (Phi) is 3.75. The zero-order valence-electron chi connectivity index (χ0n) is 12.7. The van der Waals surface area contributed by atoms with Crippen molar-refractivity contribution in [3.63, 3.8) is 0 Å². The normalized spacial score (nSPS) is 57.3. The summed E-state index contributed by atoms with van der Waals surface area (Å²) in [6, 6.07) is 0. The van der Waals surface area contributed by atoms with Crippen molar-refractivity contribution >= 4 is 0 Å². The molecule has 5 aliphatic rings. The van der Waals surface area contributed by atoms with Gasteiger partial charge >= 0.3 is 0 Å². The lowest BCUT2D eigenvalue weighted by Gasteiger charge is -2.57. The van der Waals surface area contributed by atoms with Crippen LogP contribution in [0, 0.1) is 17.8 Å². The number of hydrogen-bond acceptors (Lipinski definition) is 6. The van der Waals surface area contributed by atoms with E-state index in [0.717, 1.165) is 19.3 Å². The molecular formula is C16H26O6. The average Bonchev–Trinajstić information content (AvgIpc) is 2.46. The molecule has 0 amide bonds. The predicted octanol–water partition coefficient (Wildman–Crippen LogP) is -0.228. The van der Waals surface area contributed by atoms with Gasteiger partial charge in [0.15, 0.2) is 6.29 Å². The zero-order chi connectivity index (χ0) is 15.5. The van der Waals surface area contributed by atoms with Gasteiger partial charge in [0.05, 0.1) is 12.2 Å². The monoisotopic (exact) mass is 314 g/mol. The molecule has 22 heavy (non-hydrogen) atoms. The Balaban J connectivity index is 1.50. The number of aliphatic hydroxyl groups excluding tert-OH is 4. The van der Waals surface area contributed by atoms with Crippen molar-refractivity contribution in [2.24, 2.45) is 17.8 Å². The van der Waals surface area contributed by atoms with Crippen LogP contribution in [0.1, 0.15) is 38.5 Å². The van der Waals surface area contributed by atoms with Crippen LogP contribution < -0.4 is 0 Å². The van der Waals surface area contributed by atoms with Crippen LogP contribution in [0.4, 0.5) is 0 Å². The fourth-order valence-corrected chi connectivity index (χ4v) is 5.59. The molecule has 5 fully saturated rings. The summed E-state index contributed by atoms with van der Waals surface area (Å²) in [7, 11) is 0. The van der Waals surface area contributed by atoms with Gasteiger partial charge in [0.2, 0.25) is 0 Å². The van der Waals surface area contributed by atoms with E-state index in [0.29, 0.717) is 17.8 Å². The van der Waals surface area contributed by atoms with Crippen LogP contribution in [0.15, 0.2) is 0 Å². The molecule has 0 radical (unpaired) electrons. The summed E-state index contributed by atoms with van der Waals surface area (Å²) in [5, 5.41) is 39.2. The minimum Gasteiger partial charge on any atom is -0.394 e. The molecule has 4 saturated carbocycles. The van der Waals surface area contributed by atoms with Crippen molar-refractivity contribution in [3.05, 3.63) is 0 Å². The summed E-state index contributed by atoms with van der Waals surface area (Å²) in [6.07, 6.45) is 1.01. The molecular weight excluding hydrogens is 288 g/mol. The standard InChI is InChI=1S/C16H26O6/c17-7-11-12(18)13(19)14(20)15(21-11)22-16-4-8-1-9(5-16)3-10(2-8)6-16/h8-15,17-20H,1-7H2. The molecule has 5 atom stereocenters. The summed E-state index contributed by atoms with van der Waals surface area (Å²) in [4.78, 5) is 0. The number of hydrogen-bond donors (Lipinski definition) is 4. The lowest BCUT2D eigenvalue weighted by atomic mass is 9.54. The van der Waals surface area contributed by atoms with E-state index >= 15 is 0 Å². The summed E-state index contributed by atoms with van der Waals surface area (Å²) in [5.41, 5.74) is -0.261. The third-order valence-corrected chi connectivity index (χ3v) is 6.20. The van der Waals surface area contributed by atoms with Gasteiger partial charge < -0.3 is 29.9 Å². The Hall–Kier alpha value is -0.240. The molecule has 6 nitrogen and oxygen atoms in total. The van der Waals surface area contributed by atoms with Crippen LogP contribution in [-0.2, 0) is 9.47 Å². The molecule has 6 heteroatoms. The van der Waals surface area contributed by atoms with Crippen LogP contribution in [0.3, 0.4) is 0 Å². The van der Waals surface area contributed by atoms with E-state index in [1.165, 1.54) is 19.3 Å². The maximum absolute atomic E-state index is 10.2. The molecule has 0 spiro atoms. The predicted molar refractivity (Wildman–Crippen MR) is 75.8 cm³/mol. The van der Waals surface area contributed by atoms with Gasteiger partial charge in [-0.25, -0.2) is 0 Å². The average molecular weight is 314 g/mol. The Morgan fingerprint density at radius 2 is 1.41 bits per heavy atom. The van der Waals surface area contributed by atoms with E-state index in [2.05, 4.69) is 0 Å². The van der Waals surface area contributed by atoms with Gasteiger partial charge in [-0.15, -0.1) is 0 Å². The Bertz CT molecular complexity index is 390. The molecule has 5 rings (SSSR count). The van der Waals surface area contributed by atoms with Gasteiger partial charge in [-0.1, -0.05) is 0 Å². The molecule has 126 valence electrons. The van der Waals surface area contributed by atoms with Crippen molar-refractivity contribution in [1.82, 2.24) is 0 Å². The first kappa shape index (κ1) is 15.3. The smallest absolute Gasteiger partial charge is 0.187 e. The van der Waals surface area contributed by atoms with Gasteiger partial charge in [0.1, 0.15) is 24.4 Å². The van der Waals surface area contributed by atoms with Crippen LogP contribution in [0.5, 0.6) is 0 Å². The maximum atomic E-state index is 10.2. The van der Waals surface area contributed by atoms with Crippen LogP contribution in [0.2, 0.25) is 0 Å². The van der Waals surface area contributed by atoms with Gasteiger partial charge in [-0.3, -0.25) is 0 Å². The Labute approximate surface area is 130 Å². The van der Waals surface area contributed by atoms with E-state index in [4.69, 9.17) is 9.47 Å². The quantitative estimate of drug-likeness (QED) is 0.574. The molecule has 0 aromatic rings. The van der Waals surface area contributed by atoms with E-state index < -0.39 is 37.3 Å². The third kappa shape index (κ3) is 2.41. The van der Waals surface area contributed by atoms with Crippen molar-refractivity contribution < 1.29 is 29.9 Å². The summed E-state index contributed by atoms with van der Waals surface area (Å²) in [6.45, 7) is -0.411. The van der Waals surface area contributed by atoms with E-state index in [-0.39, 0.29) is 5.60 Å². The third-order valence-electron chi connectivity index (χ3n) is 6.20. The summed E-state index contributed by atoms with van der Waals surface area (Å²) in [5.74, 6) is 2.11. The first-order valence-electron chi connectivity index (χ1n) is 8.48. The van der Waals surface area contributed by atoms with E-state index in [1.807, 2.05) is 0 Å². The topological polar surface area (TPSA) is 99.4 Å². The fraction of sp³-hybridized carbons (Fsp3) is 1.00. The highest BCUT2D eigenvalue weighted by atomic mass is 16.7. The van der Waals surface area contributed by atoms with Crippen molar-refractivity contribution in [3.8, 4) is 0 Å². The Morgan fingerprint density at radius 1 is 0.864 bits per heavy atom.